The van der Waals surface area contributed by atoms with Crippen LogP contribution in [0.3, 0.4) is 0 Å². The van der Waals surface area contributed by atoms with Crippen molar-refractivity contribution in [2.75, 3.05) is 27.2 Å². The van der Waals surface area contributed by atoms with Gasteiger partial charge in [0.25, 0.3) is 0 Å². The van der Waals surface area contributed by atoms with Crippen molar-refractivity contribution in [3.05, 3.63) is 0 Å². The van der Waals surface area contributed by atoms with Gasteiger partial charge < -0.3 is 20.1 Å². The van der Waals surface area contributed by atoms with E-state index in [9.17, 15) is 4.79 Å². The molecule has 5 nitrogen and oxygen atoms in total. The molecule has 0 aromatic rings. The quantitative estimate of drug-likeness (QED) is 0.516. The smallest absolute Gasteiger partial charge is 0.219 e. The first-order valence-electron chi connectivity index (χ1n) is 8.63. The van der Waals surface area contributed by atoms with E-state index in [0.29, 0.717) is 6.42 Å². The summed E-state index contributed by atoms with van der Waals surface area (Å²) in [6, 6.07) is 0. The van der Waals surface area contributed by atoms with Crippen LogP contribution >= 0.6 is 0 Å². The van der Waals surface area contributed by atoms with Gasteiger partial charge in [0.1, 0.15) is 0 Å². The lowest BCUT2D eigenvalue weighted by molar-refractivity contribution is -0.858. The molecule has 0 saturated heterocycles. The monoisotopic (exact) mass is 316 g/mol. The number of hydrogen-bond acceptors (Lipinski definition) is 3. The van der Waals surface area contributed by atoms with Crippen LogP contribution < -0.4 is 15.3 Å². The molecule has 0 heterocycles. The van der Waals surface area contributed by atoms with Gasteiger partial charge in [0.05, 0.1) is 20.6 Å². The molecule has 0 saturated carbocycles. The molecule has 0 aromatic carbocycles. The summed E-state index contributed by atoms with van der Waals surface area (Å²) < 4.78 is 0. The van der Waals surface area contributed by atoms with Crippen molar-refractivity contribution in [2.45, 2.75) is 71.6 Å². The largest absolute Gasteiger partial charge is 0.550 e. The second-order valence-electron chi connectivity index (χ2n) is 6.02. The van der Waals surface area contributed by atoms with Gasteiger partial charge in [0.2, 0.25) is 5.91 Å². The van der Waals surface area contributed by atoms with E-state index >= 15 is 0 Å². The lowest BCUT2D eigenvalue weighted by Gasteiger charge is -2.08. The molecule has 0 fully saturated rings. The molecule has 0 aliphatic rings. The number of unbranched alkanes of at least 4 members (excludes halogenated alkanes) is 6. The summed E-state index contributed by atoms with van der Waals surface area (Å²) in [6.07, 6.45) is 10.7. The van der Waals surface area contributed by atoms with E-state index in [1.807, 2.05) is 0 Å². The molecule has 0 unspecified atom stereocenters. The first kappa shape index (κ1) is 23.2. The van der Waals surface area contributed by atoms with E-state index in [1.54, 1.807) is 0 Å². The Bertz CT molecular complexity index is 265. The molecule has 0 spiro atoms. The second-order valence-corrected chi connectivity index (χ2v) is 6.02. The number of carboxylic acid groups (broad SMARTS) is 1. The number of carboxylic acids is 1. The summed E-state index contributed by atoms with van der Waals surface area (Å²) in [6.45, 7) is 5.17. The van der Waals surface area contributed by atoms with E-state index in [2.05, 4.69) is 26.3 Å². The van der Waals surface area contributed by atoms with Crippen LogP contribution in [0.4, 0.5) is 0 Å². The minimum atomic E-state index is -1.08. The van der Waals surface area contributed by atoms with Gasteiger partial charge in [-0.15, -0.1) is 0 Å². The Balaban J connectivity index is 0. The number of aliphatic carboxylic acids is 1. The molecule has 0 bridgehead atoms. The lowest BCUT2D eigenvalue weighted by Crippen LogP contribution is -3.05. The van der Waals surface area contributed by atoms with Crippen molar-refractivity contribution in [3.8, 4) is 0 Å². The zero-order chi connectivity index (χ0) is 17.2. The van der Waals surface area contributed by atoms with E-state index in [-0.39, 0.29) is 5.91 Å². The van der Waals surface area contributed by atoms with Crippen molar-refractivity contribution >= 4 is 11.9 Å². The molecule has 1 amide bonds. The van der Waals surface area contributed by atoms with Crippen LogP contribution in [-0.2, 0) is 9.59 Å². The molecular formula is C17H36N2O3. The highest BCUT2D eigenvalue weighted by molar-refractivity contribution is 5.75. The molecule has 0 aromatic heterocycles. The molecule has 0 rings (SSSR count). The Labute approximate surface area is 136 Å². The summed E-state index contributed by atoms with van der Waals surface area (Å²) in [4.78, 5) is 21.8. The van der Waals surface area contributed by atoms with Gasteiger partial charge in [-0.05, 0) is 13.3 Å². The zero-order valence-corrected chi connectivity index (χ0v) is 15.0. The van der Waals surface area contributed by atoms with E-state index in [0.717, 1.165) is 32.9 Å². The highest BCUT2D eigenvalue weighted by atomic mass is 16.4. The lowest BCUT2D eigenvalue weighted by atomic mass is 10.1. The summed E-state index contributed by atoms with van der Waals surface area (Å²) in [5.41, 5.74) is 0. The maximum atomic E-state index is 11.5. The van der Waals surface area contributed by atoms with Crippen molar-refractivity contribution in [1.82, 2.24) is 5.32 Å². The highest BCUT2D eigenvalue weighted by Gasteiger charge is 2.01. The summed E-state index contributed by atoms with van der Waals surface area (Å²) in [7, 11) is 4.28. The Hall–Kier alpha value is -1.10. The number of carbonyl (C=O) groups is 2. The first-order chi connectivity index (χ1) is 10.4. The molecule has 132 valence electrons. The molecule has 0 atom stereocenters. The Morgan fingerprint density at radius 1 is 0.955 bits per heavy atom. The van der Waals surface area contributed by atoms with Crippen molar-refractivity contribution in [3.63, 3.8) is 0 Å². The van der Waals surface area contributed by atoms with Gasteiger partial charge in [0, 0.05) is 25.4 Å². The van der Waals surface area contributed by atoms with Gasteiger partial charge in [0.15, 0.2) is 0 Å². The normalized spacial score (nSPS) is 10.0. The van der Waals surface area contributed by atoms with Crippen LogP contribution in [-0.4, -0.2) is 39.1 Å². The first-order valence-corrected chi connectivity index (χ1v) is 8.63. The fraction of sp³-hybridized carbons (Fsp3) is 0.882. The Kier molecular flexibility index (Phi) is 18.9. The SMILES string of the molecule is CC(=O)[O-].CCCCCCCCCC(=O)NCCC[NH+](C)C. The minimum absolute atomic E-state index is 0.234. The number of amides is 1. The molecule has 22 heavy (non-hydrogen) atoms. The van der Waals surface area contributed by atoms with E-state index < -0.39 is 5.97 Å². The topological polar surface area (TPSA) is 73.7 Å². The third-order valence-electron chi connectivity index (χ3n) is 3.18. The molecule has 0 aliphatic heterocycles. The third kappa shape index (κ3) is 27.3. The molecule has 0 aliphatic carbocycles. The number of rotatable bonds is 12. The number of hydrogen-bond donors (Lipinski definition) is 2. The average Bonchev–Trinajstić information content (AvgIpc) is 2.42. The van der Waals surface area contributed by atoms with Gasteiger partial charge in [-0.1, -0.05) is 45.4 Å². The molecule has 5 heteroatoms. The zero-order valence-electron chi connectivity index (χ0n) is 15.0. The second kappa shape index (κ2) is 18.0. The Morgan fingerprint density at radius 3 is 1.95 bits per heavy atom. The standard InChI is InChI=1S/C15H32N2O.C2H4O2/c1-4-5-6-7-8-9-10-12-15(18)16-13-11-14-17(2)3;1-2(3)4/h4-14H2,1-3H3,(H,16,18);1H3,(H,3,4). The fourth-order valence-electron chi connectivity index (χ4n) is 2.00. The molecule has 0 radical (unpaired) electrons. The van der Waals surface area contributed by atoms with E-state index in [4.69, 9.17) is 9.90 Å². The maximum absolute atomic E-state index is 11.5. The fourth-order valence-corrected chi connectivity index (χ4v) is 2.00. The van der Waals surface area contributed by atoms with E-state index in [1.165, 1.54) is 43.4 Å². The summed E-state index contributed by atoms with van der Waals surface area (Å²) in [5, 5.41) is 11.9. The highest BCUT2D eigenvalue weighted by Crippen LogP contribution is 2.08. The van der Waals surface area contributed by atoms with Crippen LogP contribution in [0.15, 0.2) is 0 Å². The number of nitrogens with one attached hydrogen (secondary N) is 2. The third-order valence-corrected chi connectivity index (χ3v) is 3.18. The van der Waals surface area contributed by atoms with Crippen LogP contribution in [0.1, 0.15) is 71.6 Å². The Morgan fingerprint density at radius 2 is 1.45 bits per heavy atom. The van der Waals surface area contributed by atoms with Crippen molar-refractivity contribution < 1.29 is 19.6 Å². The predicted molar refractivity (Wildman–Crippen MR) is 88.6 cm³/mol. The summed E-state index contributed by atoms with van der Waals surface area (Å²) in [5.74, 6) is -0.850. The van der Waals surface area contributed by atoms with Crippen LogP contribution in [0.25, 0.3) is 0 Å². The van der Waals surface area contributed by atoms with Gasteiger partial charge in [-0.3, -0.25) is 4.79 Å². The number of carbonyl (C=O) groups excluding carboxylic acids is 2. The number of quaternary nitrogens is 1. The minimum Gasteiger partial charge on any atom is -0.550 e. The van der Waals surface area contributed by atoms with Crippen molar-refractivity contribution in [1.29, 1.82) is 0 Å². The van der Waals surface area contributed by atoms with Gasteiger partial charge >= 0.3 is 0 Å². The van der Waals surface area contributed by atoms with Gasteiger partial charge in [-0.25, -0.2) is 0 Å². The predicted octanol–water partition coefficient (Wildman–Crippen LogP) is 0.534. The van der Waals surface area contributed by atoms with Crippen LogP contribution in [0.5, 0.6) is 0 Å². The van der Waals surface area contributed by atoms with Crippen LogP contribution in [0, 0.1) is 0 Å². The summed E-state index contributed by atoms with van der Waals surface area (Å²) >= 11 is 0. The maximum Gasteiger partial charge on any atom is 0.219 e. The molecular weight excluding hydrogens is 280 g/mol. The van der Waals surface area contributed by atoms with Gasteiger partial charge in [-0.2, -0.15) is 0 Å². The molecule has 2 N–H and O–H groups in total. The van der Waals surface area contributed by atoms with Crippen LogP contribution in [0.2, 0.25) is 0 Å². The van der Waals surface area contributed by atoms with Crippen molar-refractivity contribution in [2.24, 2.45) is 0 Å². The average molecular weight is 316 g/mol.